The van der Waals surface area contributed by atoms with Gasteiger partial charge in [-0.3, -0.25) is 15.0 Å². The molecule has 1 aliphatic heterocycles. The highest BCUT2D eigenvalue weighted by Gasteiger charge is 2.23. The molecule has 1 aliphatic rings. The third kappa shape index (κ3) is 7.04. The molecule has 0 aliphatic carbocycles. The fourth-order valence-corrected chi connectivity index (χ4v) is 4.03. The number of aryl methyl sites for hydroxylation is 3. The van der Waals surface area contributed by atoms with Crippen LogP contribution in [0, 0.1) is 23.1 Å². The Morgan fingerprint density at radius 3 is 2.79 bits per heavy atom. The van der Waals surface area contributed by atoms with Crippen LogP contribution in [-0.2, 0) is 28.9 Å². The number of fused-ring (bicyclic) bond motifs is 1. The molecule has 1 unspecified atom stereocenters. The van der Waals surface area contributed by atoms with E-state index in [0.29, 0.717) is 24.9 Å². The van der Waals surface area contributed by atoms with Crippen molar-refractivity contribution in [3.05, 3.63) is 77.1 Å². The van der Waals surface area contributed by atoms with E-state index in [2.05, 4.69) is 22.4 Å². The van der Waals surface area contributed by atoms with E-state index in [1.165, 1.54) is 17.7 Å². The molecular formula is C28H32FN3O2. The van der Waals surface area contributed by atoms with Gasteiger partial charge in [0.25, 0.3) is 0 Å². The second-order valence-electron chi connectivity index (χ2n) is 8.77. The zero-order valence-corrected chi connectivity index (χ0v) is 19.8. The number of amidine groups is 1. The van der Waals surface area contributed by atoms with E-state index < -0.39 is 11.7 Å². The number of ketones is 1. The van der Waals surface area contributed by atoms with Gasteiger partial charge in [0, 0.05) is 18.3 Å². The minimum absolute atomic E-state index is 0.0140. The van der Waals surface area contributed by atoms with E-state index in [4.69, 9.17) is 5.41 Å². The number of carbonyl (C=O) groups excluding carboxylic acids is 2. The highest BCUT2D eigenvalue weighted by molar-refractivity contribution is 6.39. The zero-order valence-electron chi connectivity index (χ0n) is 19.8. The van der Waals surface area contributed by atoms with Crippen LogP contribution in [0.15, 0.2) is 59.6 Å². The first-order chi connectivity index (χ1) is 16.4. The molecule has 1 heterocycles. The van der Waals surface area contributed by atoms with Gasteiger partial charge in [-0.1, -0.05) is 56.3 Å². The molecule has 2 atom stereocenters. The number of hydrogen-bond donors (Lipinski definition) is 2. The minimum atomic E-state index is -0.413. The largest absolute Gasteiger partial charge is 0.325 e. The number of Topliss-reactive ketones (excluding diaryl/α,β-unsaturated/α-hetero) is 1. The molecule has 0 saturated heterocycles. The maximum Gasteiger partial charge on any atom is 0.231 e. The summed E-state index contributed by atoms with van der Waals surface area (Å²) in [5, 5.41) is 10.9. The lowest BCUT2D eigenvalue weighted by molar-refractivity contribution is -0.118. The molecule has 0 aromatic heterocycles. The average molecular weight is 462 g/mol. The van der Waals surface area contributed by atoms with Crippen molar-refractivity contribution in [2.24, 2.45) is 16.8 Å². The summed E-state index contributed by atoms with van der Waals surface area (Å²) in [7, 11) is 0. The van der Waals surface area contributed by atoms with E-state index in [1.54, 1.807) is 18.4 Å². The van der Waals surface area contributed by atoms with Crippen molar-refractivity contribution in [3.8, 4) is 0 Å². The number of anilines is 1. The smallest absolute Gasteiger partial charge is 0.231 e. The van der Waals surface area contributed by atoms with Crippen molar-refractivity contribution < 1.29 is 14.0 Å². The van der Waals surface area contributed by atoms with Gasteiger partial charge in [0.15, 0.2) is 5.84 Å². The first kappa shape index (κ1) is 25.2. The van der Waals surface area contributed by atoms with E-state index in [0.717, 1.165) is 24.0 Å². The van der Waals surface area contributed by atoms with Crippen LogP contribution in [0.5, 0.6) is 0 Å². The van der Waals surface area contributed by atoms with Gasteiger partial charge < -0.3 is 5.32 Å². The van der Waals surface area contributed by atoms with Crippen LogP contribution >= 0.6 is 0 Å². The molecule has 2 aromatic carbocycles. The highest BCUT2D eigenvalue weighted by atomic mass is 19.1. The van der Waals surface area contributed by atoms with Crippen LogP contribution in [0.1, 0.15) is 49.8 Å². The Morgan fingerprint density at radius 1 is 1.29 bits per heavy atom. The predicted molar refractivity (Wildman–Crippen MR) is 135 cm³/mol. The fourth-order valence-electron chi connectivity index (χ4n) is 4.03. The SMILES string of the molecule is CCc1cc(F)cc2c1NC(=O)[C@@H](/C=C/CC(=O)C(=N)N=CC(C)CCc1ccccc1)CC2. The molecule has 178 valence electrons. The number of carbonyl (C=O) groups is 2. The Bertz CT molecular complexity index is 1090. The van der Waals surface area contributed by atoms with Gasteiger partial charge in [-0.05, 0) is 66.8 Å². The molecule has 0 spiro atoms. The van der Waals surface area contributed by atoms with Crippen LogP contribution in [0.3, 0.4) is 0 Å². The number of halogens is 1. The maximum absolute atomic E-state index is 13.9. The molecule has 6 heteroatoms. The lowest BCUT2D eigenvalue weighted by atomic mass is 9.98. The lowest BCUT2D eigenvalue weighted by Gasteiger charge is -2.12. The molecule has 0 saturated carbocycles. The van der Waals surface area contributed by atoms with Gasteiger partial charge in [-0.15, -0.1) is 0 Å². The highest BCUT2D eigenvalue weighted by Crippen LogP contribution is 2.30. The second-order valence-corrected chi connectivity index (χ2v) is 8.77. The zero-order chi connectivity index (χ0) is 24.5. The topological polar surface area (TPSA) is 82.4 Å². The normalized spacial score (nSPS) is 16.8. The number of amides is 1. The van der Waals surface area contributed by atoms with Crippen LogP contribution < -0.4 is 5.32 Å². The standard InChI is InChI=1S/C28H32FN3O2/c1-3-21-16-24(29)17-23-15-14-22(28(34)32-26(21)23)10-7-11-25(33)27(30)31-18-19(2)12-13-20-8-5-4-6-9-20/h4-10,16-19,22,30H,3,11-15H2,1-2H3,(H,32,34)/b10-7+,30-27?,31-18?/t19?,22-/m0/s1. The van der Waals surface area contributed by atoms with Crippen molar-refractivity contribution in [3.63, 3.8) is 0 Å². The second kappa shape index (κ2) is 12.2. The molecule has 0 radical (unpaired) electrons. The van der Waals surface area contributed by atoms with E-state index in [9.17, 15) is 14.0 Å². The Balaban J connectivity index is 1.49. The molecular weight excluding hydrogens is 429 g/mol. The molecule has 2 N–H and O–H groups in total. The first-order valence-corrected chi connectivity index (χ1v) is 11.9. The first-order valence-electron chi connectivity index (χ1n) is 11.9. The molecule has 5 nitrogen and oxygen atoms in total. The summed E-state index contributed by atoms with van der Waals surface area (Å²) in [4.78, 5) is 29.0. The molecule has 0 fully saturated rings. The van der Waals surface area contributed by atoms with Crippen molar-refractivity contribution in [2.45, 2.75) is 52.4 Å². The van der Waals surface area contributed by atoms with Crippen molar-refractivity contribution in [2.75, 3.05) is 5.32 Å². The van der Waals surface area contributed by atoms with E-state index in [-0.39, 0.29) is 29.9 Å². The molecule has 3 rings (SSSR count). The third-order valence-electron chi connectivity index (χ3n) is 6.08. The summed E-state index contributed by atoms with van der Waals surface area (Å²) in [5.41, 5.74) is 3.54. The van der Waals surface area contributed by atoms with Gasteiger partial charge in [0.1, 0.15) is 5.82 Å². The summed E-state index contributed by atoms with van der Waals surface area (Å²) < 4.78 is 13.9. The van der Waals surface area contributed by atoms with Gasteiger partial charge >= 0.3 is 0 Å². The van der Waals surface area contributed by atoms with Gasteiger partial charge in [-0.2, -0.15) is 0 Å². The van der Waals surface area contributed by atoms with Crippen molar-refractivity contribution >= 4 is 29.4 Å². The minimum Gasteiger partial charge on any atom is -0.325 e. The average Bonchev–Trinajstić information content (AvgIpc) is 2.99. The van der Waals surface area contributed by atoms with Crippen molar-refractivity contribution in [1.29, 1.82) is 5.41 Å². The van der Waals surface area contributed by atoms with E-state index >= 15 is 0 Å². The number of aliphatic imine (C=N–C) groups is 1. The Kier molecular flexibility index (Phi) is 9.02. The summed E-state index contributed by atoms with van der Waals surface area (Å²) in [6.07, 6.45) is 8.55. The Hall–Kier alpha value is -3.41. The molecule has 0 bridgehead atoms. The quantitative estimate of drug-likeness (QED) is 0.284. The maximum atomic E-state index is 13.9. The number of rotatable bonds is 9. The molecule has 34 heavy (non-hydrogen) atoms. The van der Waals surface area contributed by atoms with Crippen LogP contribution in [-0.4, -0.2) is 23.7 Å². The number of hydrogen-bond acceptors (Lipinski definition) is 3. The van der Waals surface area contributed by atoms with Gasteiger partial charge in [-0.25, -0.2) is 9.38 Å². The summed E-state index contributed by atoms with van der Waals surface area (Å²) in [5.74, 6) is -1.39. The van der Waals surface area contributed by atoms with Gasteiger partial charge in [0.05, 0.1) is 5.92 Å². The number of nitrogens with one attached hydrogen (secondary N) is 2. The van der Waals surface area contributed by atoms with Crippen molar-refractivity contribution in [1.82, 2.24) is 0 Å². The molecule has 1 amide bonds. The number of nitrogens with zero attached hydrogens (tertiary/aromatic N) is 1. The summed E-state index contributed by atoms with van der Waals surface area (Å²) in [6.45, 7) is 3.94. The van der Waals surface area contributed by atoms with Gasteiger partial charge in [0.2, 0.25) is 11.7 Å². The van der Waals surface area contributed by atoms with Crippen LogP contribution in [0.25, 0.3) is 0 Å². The fraction of sp³-hybridized carbons (Fsp3) is 0.357. The summed E-state index contributed by atoms with van der Waals surface area (Å²) >= 11 is 0. The van der Waals surface area contributed by atoms with Crippen LogP contribution in [0.2, 0.25) is 0 Å². The lowest BCUT2D eigenvalue weighted by Crippen LogP contribution is -2.20. The Labute approximate surface area is 200 Å². The number of benzene rings is 2. The monoisotopic (exact) mass is 461 g/mol. The van der Waals surface area contributed by atoms with Crippen LogP contribution in [0.4, 0.5) is 10.1 Å². The predicted octanol–water partition coefficient (Wildman–Crippen LogP) is 5.72. The Morgan fingerprint density at radius 2 is 2.06 bits per heavy atom. The summed E-state index contributed by atoms with van der Waals surface area (Å²) in [6, 6.07) is 13.1. The number of allylic oxidation sites excluding steroid dienone is 1. The van der Waals surface area contributed by atoms with E-state index in [1.807, 2.05) is 32.0 Å². The molecule has 2 aromatic rings. The third-order valence-corrected chi connectivity index (χ3v) is 6.08.